The summed E-state index contributed by atoms with van der Waals surface area (Å²) < 4.78 is 0. The van der Waals surface area contributed by atoms with E-state index in [-0.39, 0.29) is 0 Å². The number of hydrogen-bond donors (Lipinski definition) is 1. The molecule has 1 aliphatic rings. The second-order valence-electron chi connectivity index (χ2n) is 5.62. The smallest absolute Gasteiger partial charge is 0.0375 e. The Balaban J connectivity index is 1.86. The summed E-state index contributed by atoms with van der Waals surface area (Å²) >= 11 is 0. The molecule has 0 radical (unpaired) electrons. The van der Waals surface area contributed by atoms with Gasteiger partial charge in [0.1, 0.15) is 0 Å². The van der Waals surface area contributed by atoms with Gasteiger partial charge in [0.05, 0.1) is 0 Å². The Morgan fingerprint density at radius 1 is 1.05 bits per heavy atom. The van der Waals surface area contributed by atoms with Crippen molar-refractivity contribution < 1.29 is 0 Å². The Bertz CT molecular complexity index is 586. The zero-order chi connectivity index (χ0) is 13.2. The molecule has 0 amide bonds. The third-order valence-electron chi connectivity index (χ3n) is 4.26. The van der Waals surface area contributed by atoms with Crippen LogP contribution in [0.25, 0.3) is 0 Å². The van der Waals surface area contributed by atoms with Crippen molar-refractivity contribution in [3.8, 4) is 0 Å². The Morgan fingerprint density at radius 2 is 1.89 bits per heavy atom. The highest BCUT2D eigenvalue weighted by atomic mass is 14.9. The van der Waals surface area contributed by atoms with Crippen molar-refractivity contribution in [2.75, 3.05) is 11.9 Å². The van der Waals surface area contributed by atoms with E-state index in [1.54, 1.807) is 0 Å². The summed E-state index contributed by atoms with van der Waals surface area (Å²) in [4.78, 5) is 0. The normalized spacial score (nSPS) is 17.7. The number of para-hydroxylation sites is 1. The molecule has 0 aromatic heterocycles. The number of rotatable bonds is 2. The minimum Gasteiger partial charge on any atom is -0.385 e. The summed E-state index contributed by atoms with van der Waals surface area (Å²) in [6, 6.07) is 15.6. The maximum atomic E-state index is 3.50. The fourth-order valence-corrected chi connectivity index (χ4v) is 2.98. The first-order chi connectivity index (χ1) is 9.24. The molecule has 1 heteroatoms. The van der Waals surface area contributed by atoms with Crippen LogP contribution >= 0.6 is 0 Å². The minimum absolute atomic E-state index is 0.652. The van der Waals surface area contributed by atoms with Crippen LogP contribution in [0.4, 0.5) is 5.69 Å². The van der Waals surface area contributed by atoms with Crippen LogP contribution in [-0.4, -0.2) is 6.54 Å². The number of aryl methyl sites for hydroxylation is 2. The highest BCUT2D eigenvalue weighted by Gasteiger charge is 2.19. The quantitative estimate of drug-likeness (QED) is 0.831. The van der Waals surface area contributed by atoms with Gasteiger partial charge in [-0.15, -0.1) is 0 Å². The third kappa shape index (κ3) is 2.51. The number of anilines is 1. The molecule has 0 spiro atoms. The molecule has 98 valence electrons. The Labute approximate surface area is 115 Å². The number of benzene rings is 2. The molecule has 3 rings (SSSR count). The molecule has 0 fully saturated rings. The topological polar surface area (TPSA) is 12.0 Å². The van der Waals surface area contributed by atoms with E-state index >= 15 is 0 Å². The molecule has 0 saturated carbocycles. The molecule has 1 aliphatic heterocycles. The van der Waals surface area contributed by atoms with Crippen LogP contribution in [0.1, 0.15) is 34.6 Å². The predicted octanol–water partition coefficient (Wildman–Crippen LogP) is 4.45. The van der Waals surface area contributed by atoms with Crippen LogP contribution < -0.4 is 5.32 Å². The summed E-state index contributed by atoms with van der Waals surface area (Å²) in [5.74, 6) is 0.652. The predicted molar refractivity (Wildman–Crippen MR) is 81.9 cm³/mol. The van der Waals surface area contributed by atoms with E-state index in [4.69, 9.17) is 0 Å². The average molecular weight is 251 g/mol. The lowest BCUT2D eigenvalue weighted by Crippen LogP contribution is -2.18. The van der Waals surface area contributed by atoms with Crippen molar-refractivity contribution in [1.82, 2.24) is 0 Å². The summed E-state index contributed by atoms with van der Waals surface area (Å²) in [6.07, 6.45) is 2.38. The molecule has 0 aliphatic carbocycles. The first-order valence-corrected chi connectivity index (χ1v) is 7.13. The Hall–Kier alpha value is -1.76. The maximum Gasteiger partial charge on any atom is 0.0375 e. The van der Waals surface area contributed by atoms with Gasteiger partial charge in [0.2, 0.25) is 0 Å². The highest BCUT2D eigenvalue weighted by molar-refractivity contribution is 5.55. The van der Waals surface area contributed by atoms with Gasteiger partial charge in [0.25, 0.3) is 0 Å². The van der Waals surface area contributed by atoms with Crippen molar-refractivity contribution in [1.29, 1.82) is 0 Å². The van der Waals surface area contributed by atoms with E-state index in [9.17, 15) is 0 Å². The van der Waals surface area contributed by atoms with Gasteiger partial charge in [0, 0.05) is 12.2 Å². The maximum absolute atomic E-state index is 3.50. The van der Waals surface area contributed by atoms with E-state index in [1.165, 1.54) is 34.4 Å². The molecular weight excluding hydrogens is 230 g/mol. The largest absolute Gasteiger partial charge is 0.385 e. The number of fused-ring (bicyclic) bond motifs is 1. The summed E-state index contributed by atoms with van der Waals surface area (Å²) in [6.45, 7) is 5.47. The van der Waals surface area contributed by atoms with Gasteiger partial charge in [-0.25, -0.2) is 0 Å². The van der Waals surface area contributed by atoms with Crippen LogP contribution in [0.5, 0.6) is 0 Å². The van der Waals surface area contributed by atoms with Crippen molar-refractivity contribution in [3.05, 3.63) is 64.7 Å². The van der Waals surface area contributed by atoms with Crippen LogP contribution in [0, 0.1) is 13.8 Å². The van der Waals surface area contributed by atoms with E-state index in [0.29, 0.717) is 5.92 Å². The van der Waals surface area contributed by atoms with Gasteiger partial charge in [0.15, 0.2) is 0 Å². The fraction of sp³-hybridized carbons (Fsp3) is 0.333. The molecule has 19 heavy (non-hydrogen) atoms. The zero-order valence-corrected chi connectivity index (χ0v) is 11.7. The molecule has 1 heterocycles. The number of hydrogen-bond acceptors (Lipinski definition) is 1. The lowest BCUT2D eigenvalue weighted by molar-refractivity contribution is 0.624. The van der Waals surface area contributed by atoms with Gasteiger partial charge in [-0.2, -0.15) is 0 Å². The monoisotopic (exact) mass is 251 g/mol. The number of nitrogens with one attached hydrogen (secondary N) is 1. The van der Waals surface area contributed by atoms with E-state index in [0.717, 1.165) is 13.0 Å². The molecule has 1 N–H and O–H groups in total. The molecular formula is C18H21N. The minimum atomic E-state index is 0.652. The molecule has 1 unspecified atom stereocenters. The van der Waals surface area contributed by atoms with Gasteiger partial charge >= 0.3 is 0 Å². The van der Waals surface area contributed by atoms with Crippen molar-refractivity contribution in [2.24, 2.45) is 0 Å². The summed E-state index contributed by atoms with van der Waals surface area (Å²) in [7, 11) is 0. The van der Waals surface area contributed by atoms with Crippen LogP contribution in [0.3, 0.4) is 0 Å². The Kier molecular flexibility index (Phi) is 3.29. The summed E-state index contributed by atoms with van der Waals surface area (Å²) in [5, 5.41) is 3.50. The average Bonchev–Trinajstić information content (AvgIpc) is 2.43. The molecule has 1 atom stereocenters. The first kappa shape index (κ1) is 12.3. The van der Waals surface area contributed by atoms with Gasteiger partial charge in [-0.05, 0) is 60.9 Å². The molecule has 2 aromatic rings. The molecule has 0 saturated heterocycles. The van der Waals surface area contributed by atoms with E-state index in [1.807, 2.05) is 0 Å². The first-order valence-electron chi connectivity index (χ1n) is 7.13. The standard InChI is InChI=1S/C18H21N/c1-13-7-8-15(11-14(13)2)12-16-9-10-19-18-6-4-3-5-17(16)18/h3-8,11,16,19H,9-10,12H2,1-2H3. The van der Waals surface area contributed by atoms with Crippen molar-refractivity contribution in [3.63, 3.8) is 0 Å². The zero-order valence-electron chi connectivity index (χ0n) is 11.7. The van der Waals surface area contributed by atoms with Crippen LogP contribution in [0.15, 0.2) is 42.5 Å². The van der Waals surface area contributed by atoms with Crippen molar-refractivity contribution >= 4 is 5.69 Å². The van der Waals surface area contributed by atoms with Gasteiger partial charge < -0.3 is 5.32 Å². The van der Waals surface area contributed by atoms with Gasteiger partial charge in [-0.3, -0.25) is 0 Å². The SMILES string of the molecule is Cc1ccc(CC2CCNc3ccccc32)cc1C. The second kappa shape index (κ2) is 5.08. The molecule has 2 aromatic carbocycles. The van der Waals surface area contributed by atoms with Crippen LogP contribution in [0.2, 0.25) is 0 Å². The lowest BCUT2D eigenvalue weighted by atomic mass is 9.85. The molecule has 1 nitrogen and oxygen atoms in total. The fourth-order valence-electron chi connectivity index (χ4n) is 2.98. The highest BCUT2D eigenvalue weighted by Crippen LogP contribution is 2.33. The molecule has 0 bridgehead atoms. The summed E-state index contributed by atoms with van der Waals surface area (Å²) in [5.41, 5.74) is 7.05. The van der Waals surface area contributed by atoms with E-state index < -0.39 is 0 Å². The van der Waals surface area contributed by atoms with Crippen molar-refractivity contribution in [2.45, 2.75) is 32.6 Å². The van der Waals surface area contributed by atoms with Gasteiger partial charge in [-0.1, -0.05) is 36.4 Å². The van der Waals surface area contributed by atoms with E-state index in [2.05, 4.69) is 61.6 Å². The lowest BCUT2D eigenvalue weighted by Gasteiger charge is -2.27. The third-order valence-corrected chi connectivity index (χ3v) is 4.26. The second-order valence-corrected chi connectivity index (χ2v) is 5.62. The van der Waals surface area contributed by atoms with Crippen LogP contribution in [-0.2, 0) is 6.42 Å². The Morgan fingerprint density at radius 3 is 2.74 bits per heavy atom.